The zero-order valence-electron chi connectivity index (χ0n) is 12.3. The van der Waals surface area contributed by atoms with Crippen LogP contribution in [0.3, 0.4) is 0 Å². The molecule has 0 aliphatic carbocycles. The van der Waals surface area contributed by atoms with Crippen LogP contribution >= 0.6 is 11.6 Å². The molecule has 22 heavy (non-hydrogen) atoms. The maximum Gasteiger partial charge on any atom is 0.144 e. The van der Waals surface area contributed by atoms with Gasteiger partial charge in [0.15, 0.2) is 0 Å². The third-order valence-electron chi connectivity index (χ3n) is 3.59. The molecule has 110 valence electrons. The summed E-state index contributed by atoms with van der Waals surface area (Å²) in [6.45, 7) is 3.89. The van der Waals surface area contributed by atoms with Crippen molar-refractivity contribution < 1.29 is 5.11 Å². The third-order valence-corrected chi connectivity index (χ3v) is 3.91. The molecule has 0 aliphatic heterocycles. The van der Waals surface area contributed by atoms with E-state index in [1.54, 1.807) is 6.20 Å². The van der Waals surface area contributed by atoms with Crippen LogP contribution in [-0.4, -0.2) is 15.1 Å². The Morgan fingerprint density at radius 3 is 2.68 bits per heavy atom. The molecule has 0 amide bonds. The lowest BCUT2D eigenvalue weighted by Crippen LogP contribution is -1.89. The minimum absolute atomic E-state index is 0.232. The van der Waals surface area contributed by atoms with Gasteiger partial charge in [0, 0.05) is 17.1 Å². The SMILES string of the molecule is Cc1cc(C)c2ccc(/C=C/c3cccnc3Cl)nc2c1O. The molecule has 0 fully saturated rings. The first-order valence-corrected chi connectivity index (χ1v) is 7.32. The average Bonchev–Trinajstić information content (AvgIpc) is 2.52. The highest BCUT2D eigenvalue weighted by atomic mass is 35.5. The monoisotopic (exact) mass is 310 g/mol. The number of pyridine rings is 2. The molecule has 0 saturated carbocycles. The molecular weight excluding hydrogens is 296 g/mol. The highest BCUT2D eigenvalue weighted by Gasteiger charge is 2.08. The van der Waals surface area contributed by atoms with Crippen LogP contribution < -0.4 is 0 Å². The van der Waals surface area contributed by atoms with Crippen molar-refractivity contribution in [1.29, 1.82) is 0 Å². The molecule has 3 aromatic rings. The lowest BCUT2D eigenvalue weighted by Gasteiger charge is -2.08. The van der Waals surface area contributed by atoms with Gasteiger partial charge in [0.1, 0.15) is 16.4 Å². The van der Waals surface area contributed by atoms with E-state index in [1.165, 1.54) is 0 Å². The molecule has 0 spiro atoms. The molecule has 0 radical (unpaired) electrons. The number of nitrogens with zero attached hydrogens (tertiary/aromatic N) is 2. The van der Waals surface area contributed by atoms with Gasteiger partial charge in [0.05, 0.1) is 5.69 Å². The number of fused-ring (bicyclic) bond motifs is 1. The summed E-state index contributed by atoms with van der Waals surface area (Å²) >= 11 is 6.03. The number of phenols is 1. The Balaban J connectivity index is 2.06. The third kappa shape index (κ3) is 2.68. The number of hydrogen-bond acceptors (Lipinski definition) is 3. The molecule has 3 nitrogen and oxygen atoms in total. The van der Waals surface area contributed by atoms with Crippen molar-refractivity contribution in [1.82, 2.24) is 9.97 Å². The number of aromatic hydroxyl groups is 1. The predicted octanol–water partition coefficient (Wildman–Crippen LogP) is 4.78. The summed E-state index contributed by atoms with van der Waals surface area (Å²) in [6.07, 6.45) is 5.38. The van der Waals surface area contributed by atoms with Crippen LogP contribution in [0.1, 0.15) is 22.4 Å². The van der Waals surface area contributed by atoms with Crippen LogP contribution in [0, 0.1) is 13.8 Å². The first-order chi connectivity index (χ1) is 10.6. The number of aryl methyl sites for hydroxylation is 2. The van der Waals surface area contributed by atoms with Crippen molar-refractivity contribution in [2.75, 3.05) is 0 Å². The van der Waals surface area contributed by atoms with E-state index in [1.807, 2.05) is 56.3 Å². The Morgan fingerprint density at radius 2 is 1.91 bits per heavy atom. The van der Waals surface area contributed by atoms with E-state index in [2.05, 4.69) is 9.97 Å². The van der Waals surface area contributed by atoms with E-state index in [9.17, 15) is 5.11 Å². The van der Waals surface area contributed by atoms with Crippen molar-refractivity contribution in [3.05, 3.63) is 64.1 Å². The van der Waals surface area contributed by atoms with Gasteiger partial charge in [-0.05, 0) is 49.3 Å². The lowest BCUT2D eigenvalue weighted by atomic mass is 10.0. The van der Waals surface area contributed by atoms with Gasteiger partial charge in [-0.1, -0.05) is 29.8 Å². The van der Waals surface area contributed by atoms with E-state index in [0.29, 0.717) is 10.7 Å². The second kappa shape index (κ2) is 5.78. The molecule has 4 heteroatoms. The molecule has 2 heterocycles. The van der Waals surface area contributed by atoms with Crippen LogP contribution in [-0.2, 0) is 0 Å². The topological polar surface area (TPSA) is 46.0 Å². The zero-order chi connectivity index (χ0) is 15.7. The van der Waals surface area contributed by atoms with Crippen molar-refractivity contribution in [2.45, 2.75) is 13.8 Å². The van der Waals surface area contributed by atoms with Gasteiger partial charge in [-0.15, -0.1) is 0 Å². The van der Waals surface area contributed by atoms with Crippen LogP contribution in [0.2, 0.25) is 5.15 Å². The lowest BCUT2D eigenvalue weighted by molar-refractivity contribution is 0.476. The molecular formula is C18H15ClN2O. The van der Waals surface area contributed by atoms with Gasteiger partial charge in [0.2, 0.25) is 0 Å². The standard InChI is InChI=1S/C18H15ClN2O/c1-11-10-12(2)17(22)16-15(11)8-7-14(21-16)6-5-13-4-3-9-20-18(13)19/h3-10,22H,1-2H3/b6-5+. The number of benzene rings is 1. The summed E-state index contributed by atoms with van der Waals surface area (Å²) in [6, 6.07) is 9.58. The number of aromatic nitrogens is 2. The molecule has 0 unspecified atom stereocenters. The quantitative estimate of drug-likeness (QED) is 0.693. The number of phenolic OH excluding ortho intramolecular Hbond substituents is 1. The van der Waals surface area contributed by atoms with Crippen LogP contribution in [0.25, 0.3) is 23.1 Å². The Morgan fingerprint density at radius 1 is 1.09 bits per heavy atom. The van der Waals surface area contributed by atoms with Gasteiger partial charge in [-0.25, -0.2) is 9.97 Å². The van der Waals surface area contributed by atoms with Crippen molar-refractivity contribution in [3.63, 3.8) is 0 Å². The number of halogens is 1. The molecule has 0 saturated heterocycles. The predicted molar refractivity (Wildman–Crippen MR) is 91.1 cm³/mol. The molecule has 3 rings (SSSR count). The van der Waals surface area contributed by atoms with Crippen LogP contribution in [0.5, 0.6) is 5.75 Å². The molecule has 2 aromatic heterocycles. The fourth-order valence-electron chi connectivity index (χ4n) is 2.42. The maximum absolute atomic E-state index is 10.2. The maximum atomic E-state index is 10.2. The fraction of sp³-hybridized carbons (Fsp3) is 0.111. The normalized spacial score (nSPS) is 11.4. The van der Waals surface area contributed by atoms with E-state index in [0.717, 1.165) is 27.8 Å². The van der Waals surface area contributed by atoms with Gasteiger partial charge < -0.3 is 5.11 Å². The second-order valence-corrected chi connectivity index (χ2v) is 5.57. The summed E-state index contributed by atoms with van der Waals surface area (Å²) in [7, 11) is 0. The van der Waals surface area contributed by atoms with E-state index < -0.39 is 0 Å². The number of rotatable bonds is 2. The van der Waals surface area contributed by atoms with Crippen molar-refractivity contribution in [2.24, 2.45) is 0 Å². The molecule has 0 aliphatic rings. The first kappa shape index (κ1) is 14.5. The Bertz CT molecular complexity index is 888. The molecule has 0 bridgehead atoms. The first-order valence-electron chi connectivity index (χ1n) is 6.95. The Kier molecular flexibility index (Phi) is 3.82. The van der Waals surface area contributed by atoms with E-state index >= 15 is 0 Å². The molecule has 1 aromatic carbocycles. The smallest absolute Gasteiger partial charge is 0.144 e. The van der Waals surface area contributed by atoms with Crippen molar-refractivity contribution >= 4 is 34.7 Å². The largest absolute Gasteiger partial charge is 0.505 e. The fourth-order valence-corrected chi connectivity index (χ4v) is 2.60. The minimum atomic E-state index is 0.232. The van der Waals surface area contributed by atoms with Crippen LogP contribution in [0.4, 0.5) is 0 Å². The summed E-state index contributed by atoms with van der Waals surface area (Å²) in [4.78, 5) is 8.57. The average molecular weight is 311 g/mol. The summed E-state index contributed by atoms with van der Waals surface area (Å²) in [5, 5.41) is 11.6. The van der Waals surface area contributed by atoms with Gasteiger partial charge in [-0.2, -0.15) is 0 Å². The van der Waals surface area contributed by atoms with Crippen LogP contribution in [0.15, 0.2) is 36.5 Å². The van der Waals surface area contributed by atoms with Gasteiger partial charge in [0.25, 0.3) is 0 Å². The molecule has 0 atom stereocenters. The minimum Gasteiger partial charge on any atom is -0.505 e. The van der Waals surface area contributed by atoms with E-state index in [-0.39, 0.29) is 5.75 Å². The summed E-state index contributed by atoms with van der Waals surface area (Å²) < 4.78 is 0. The second-order valence-electron chi connectivity index (χ2n) is 5.21. The van der Waals surface area contributed by atoms with Gasteiger partial charge >= 0.3 is 0 Å². The number of hydrogen-bond donors (Lipinski definition) is 1. The van der Waals surface area contributed by atoms with E-state index in [4.69, 9.17) is 11.6 Å². The zero-order valence-corrected chi connectivity index (χ0v) is 13.1. The Hall–Kier alpha value is -2.39. The molecule has 1 N–H and O–H groups in total. The van der Waals surface area contributed by atoms with Crippen molar-refractivity contribution in [3.8, 4) is 5.75 Å². The summed E-state index contributed by atoms with van der Waals surface area (Å²) in [5.74, 6) is 0.232. The van der Waals surface area contributed by atoms with Gasteiger partial charge in [-0.3, -0.25) is 0 Å². The Labute approximate surface area is 133 Å². The highest BCUT2D eigenvalue weighted by Crippen LogP contribution is 2.30. The highest BCUT2D eigenvalue weighted by molar-refractivity contribution is 6.30. The summed E-state index contributed by atoms with van der Waals surface area (Å²) in [5.41, 5.74) is 4.14.